The van der Waals surface area contributed by atoms with Crippen LogP contribution in [0.4, 0.5) is 11.4 Å². The standard InChI is InChI=1S/C21H22ClN3O5/c1-13(26)19-18(9-8-15(22)20(19)25(28)29)30-12-4-7-17(21(23)27)24-11-10-14-5-2-3-6-16(14)24/h2-3,5-6,8-9,17H,4,7,10-12H2,1H3,(H2,23,27). The molecule has 9 heteroatoms. The number of hydrogen-bond donors (Lipinski definition) is 1. The third-order valence-corrected chi connectivity index (χ3v) is 5.44. The quantitative estimate of drug-likeness (QED) is 0.281. The fraction of sp³-hybridized carbons (Fsp3) is 0.333. The Bertz CT molecular complexity index is 995. The second kappa shape index (κ2) is 9.13. The van der Waals surface area contributed by atoms with Gasteiger partial charge in [0, 0.05) is 12.2 Å². The van der Waals surface area contributed by atoms with Gasteiger partial charge in [0.25, 0.3) is 0 Å². The van der Waals surface area contributed by atoms with E-state index in [9.17, 15) is 19.7 Å². The van der Waals surface area contributed by atoms with E-state index in [1.165, 1.54) is 24.6 Å². The first-order valence-electron chi connectivity index (χ1n) is 9.55. The number of halogens is 1. The van der Waals surface area contributed by atoms with Gasteiger partial charge in [0.15, 0.2) is 5.78 Å². The smallest absolute Gasteiger partial charge is 0.302 e. The number of benzene rings is 2. The number of nitro benzene ring substituents is 1. The van der Waals surface area contributed by atoms with Crippen molar-refractivity contribution in [2.75, 3.05) is 18.1 Å². The Labute approximate surface area is 178 Å². The lowest BCUT2D eigenvalue weighted by atomic mass is 10.1. The van der Waals surface area contributed by atoms with Crippen LogP contribution in [-0.2, 0) is 11.2 Å². The van der Waals surface area contributed by atoms with E-state index in [1.54, 1.807) is 0 Å². The zero-order chi connectivity index (χ0) is 21.8. The number of primary amides is 1. The first-order chi connectivity index (χ1) is 14.3. The van der Waals surface area contributed by atoms with Gasteiger partial charge in [-0.1, -0.05) is 29.8 Å². The number of rotatable bonds is 9. The molecule has 0 aliphatic carbocycles. The maximum absolute atomic E-state index is 12.1. The van der Waals surface area contributed by atoms with Crippen LogP contribution < -0.4 is 15.4 Å². The topological polar surface area (TPSA) is 116 Å². The van der Waals surface area contributed by atoms with Crippen molar-refractivity contribution in [2.24, 2.45) is 5.73 Å². The van der Waals surface area contributed by atoms with Crippen LogP contribution in [0.15, 0.2) is 36.4 Å². The Hall–Kier alpha value is -3.13. The highest BCUT2D eigenvalue weighted by Crippen LogP contribution is 2.36. The summed E-state index contributed by atoms with van der Waals surface area (Å²) in [4.78, 5) is 36.6. The summed E-state index contributed by atoms with van der Waals surface area (Å²) in [6, 6.07) is 10.2. The number of ether oxygens (including phenoxy) is 1. The number of nitrogens with zero attached hydrogens (tertiary/aromatic N) is 2. The number of hydrogen-bond acceptors (Lipinski definition) is 6. The first-order valence-corrected chi connectivity index (χ1v) is 9.93. The SMILES string of the molecule is CC(=O)c1c(OCCCC(C(N)=O)N2CCc3ccccc32)ccc(Cl)c1[N+](=O)[O-]. The molecule has 158 valence electrons. The molecule has 0 radical (unpaired) electrons. The average Bonchev–Trinajstić information content (AvgIpc) is 3.11. The van der Waals surface area contributed by atoms with Crippen LogP contribution in [0.2, 0.25) is 5.02 Å². The molecule has 0 spiro atoms. The van der Waals surface area contributed by atoms with E-state index in [4.69, 9.17) is 22.1 Å². The molecule has 1 heterocycles. The molecule has 0 aromatic heterocycles. The Kier molecular flexibility index (Phi) is 6.56. The molecule has 1 unspecified atom stereocenters. The first kappa shape index (κ1) is 21.6. The number of Topliss-reactive ketones (excluding diaryl/α,β-unsaturated/α-hetero) is 1. The van der Waals surface area contributed by atoms with Crippen LogP contribution in [0.5, 0.6) is 5.75 Å². The van der Waals surface area contributed by atoms with E-state index in [1.807, 2.05) is 29.2 Å². The van der Waals surface area contributed by atoms with Crippen LogP contribution in [0.1, 0.15) is 35.7 Å². The minimum absolute atomic E-state index is 0.0979. The highest BCUT2D eigenvalue weighted by Gasteiger charge is 2.30. The second-order valence-corrected chi connectivity index (χ2v) is 7.47. The Morgan fingerprint density at radius 1 is 1.30 bits per heavy atom. The highest BCUT2D eigenvalue weighted by molar-refractivity contribution is 6.33. The molecule has 2 aromatic rings. The lowest BCUT2D eigenvalue weighted by Crippen LogP contribution is -2.44. The van der Waals surface area contributed by atoms with E-state index >= 15 is 0 Å². The Balaban J connectivity index is 1.68. The molecule has 1 aliphatic heterocycles. The lowest BCUT2D eigenvalue weighted by Gasteiger charge is -2.28. The molecule has 2 aromatic carbocycles. The molecule has 3 rings (SSSR count). The number of amides is 1. The summed E-state index contributed by atoms with van der Waals surface area (Å²) in [5, 5.41) is 11.2. The molecule has 1 aliphatic rings. The average molecular weight is 432 g/mol. The third kappa shape index (κ3) is 4.38. The lowest BCUT2D eigenvalue weighted by molar-refractivity contribution is -0.385. The van der Waals surface area contributed by atoms with Crippen molar-refractivity contribution in [3.8, 4) is 5.75 Å². The number of carbonyl (C=O) groups excluding carboxylic acids is 2. The normalized spacial score (nSPS) is 13.6. The molecular weight excluding hydrogens is 410 g/mol. The van der Waals surface area contributed by atoms with Crippen molar-refractivity contribution in [3.05, 3.63) is 62.7 Å². The van der Waals surface area contributed by atoms with Gasteiger partial charge < -0.3 is 15.4 Å². The van der Waals surface area contributed by atoms with Crippen molar-refractivity contribution in [2.45, 2.75) is 32.2 Å². The fourth-order valence-electron chi connectivity index (χ4n) is 3.78. The predicted octanol–water partition coefficient (Wildman–Crippen LogP) is 3.53. The van der Waals surface area contributed by atoms with Crippen LogP contribution in [0.25, 0.3) is 0 Å². The minimum Gasteiger partial charge on any atom is -0.493 e. The summed E-state index contributed by atoms with van der Waals surface area (Å²) >= 11 is 5.89. The Morgan fingerprint density at radius 3 is 2.70 bits per heavy atom. The van der Waals surface area contributed by atoms with Gasteiger partial charge in [-0.2, -0.15) is 0 Å². The van der Waals surface area contributed by atoms with E-state index in [0.29, 0.717) is 19.4 Å². The molecular formula is C21H22ClN3O5. The van der Waals surface area contributed by atoms with Crippen LogP contribution in [0, 0.1) is 10.1 Å². The molecule has 1 amide bonds. The summed E-state index contributed by atoms with van der Waals surface area (Å²) < 4.78 is 5.65. The number of para-hydroxylation sites is 1. The molecule has 2 N–H and O–H groups in total. The summed E-state index contributed by atoms with van der Waals surface area (Å²) in [6.07, 6.45) is 1.78. The predicted molar refractivity (Wildman–Crippen MR) is 113 cm³/mol. The van der Waals surface area contributed by atoms with Gasteiger partial charge in [-0.25, -0.2) is 0 Å². The Morgan fingerprint density at radius 2 is 2.03 bits per heavy atom. The van der Waals surface area contributed by atoms with Crippen LogP contribution in [0.3, 0.4) is 0 Å². The van der Waals surface area contributed by atoms with E-state index < -0.39 is 28.3 Å². The molecule has 30 heavy (non-hydrogen) atoms. The van der Waals surface area contributed by atoms with Gasteiger partial charge in [-0.15, -0.1) is 0 Å². The van der Waals surface area contributed by atoms with Gasteiger partial charge in [-0.05, 0) is 49.9 Å². The van der Waals surface area contributed by atoms with Gasteiger partial charge in [-0.3, -0.25) is 19.7 Å². The number of ketones is 1. The van der Waals surface area contributed by atoms with Crippen molar-refractivity contribution in [1.29, 1.82) is 0 Å². The van der Waals surface area contributed by atoms with Crippen molar-refractivity contribution < 1.29 is 19.2 Å². The summed E-state index contributed by atoms with van der Waals surface area (Å²) in [5.41, 5.74) is 7.21. The largest absolute Gasteiger partial charge is 0.493 e. The summed E-state index contributed by atoms with van der Waals surface area (Å²) in [7, 11) is 0. The molecule has 8 nitrogen and oxygen atoms in total. The molecule has 0 fully saturated rings. The number of carbonyl (C=O) groups is 2. The summed E-state index contributed by atoms with van der Waals surface area (Å²) in [6.45, 7) is 2.10. The fourth-order valence-corrected chi connectivity index (χ4v) is 4.01. The molecule has 1 atom stereocenters. The van der Waals surface area contributed by atoms with Crippen LogP contribution in [-0.4, -0.2) is 35.8 Å². The third-order valence-electron chi connectivity index (χ3n) is 5.13. The van der Waals surface area contributed by atoms with E-state index in [-0.39, 0.29) is 22.9 Å². The maximum atomic E-state index is 12.1. The highest BCUT2D eigenvalue weighted by atomic mass is 35.5. The van der Waals surface area contributed by atoms with Gasteiger partial charge >= 0.3 is 5.69 Å². The number of nitro groups is 1. The van der Waals surface area contributed by atoms with Crippen molar-refractivity contribution in [3.63, 3.8) is 0 Å². The monoisotopic (exact) mass is 431 g/mol. The van der Waals surface area contributed by atoms with Gasteiger partial charge in [0.2, 0.25) is 5.91 Å². The zero-order valence-electron chi connectivity index (χ0n) is 16.5. The summed E-state index contributed by atoms with van der Waals surface area (Å²) in [5.74, 6) is -0.832. The van der Waals surface area contributed by atoms with Gasteiger partial charge in [0.1, 0.15) is 22.4 Å². The van der Waals surface area contributed by atoms with E-state index in [0.717, 1.165) is 12.1 Å². The van der Waals surface area contributed by atoms with Crippen molar-refractivity contribution in [1.82, 2.24) is 0 Å². The van der Waals surface area contributed by atoms with E-state index in [2.05, 4.69) is 0 Å². The van der Waals surface area contributed by atoms with Crippen molar-refractivity contribution >= 4 is 34.7 Å². The van der Waals surface area contributed by atoms with Gasteiger partial charge in [0.05, 0.1) is 11.5 Å². The molecule has 0 bridgehead atoms. The maximum Gasteiger partial charge on any atom is 0.302 e. The number of fused-ring (bicyclic) bond motifs is 1. The molecule has 0 saturated carbocycles. The zero-order valence-corrected chi connectivity index (χ0v) is 17.2. The molecule has 0 saturated heterocycles. The van der Waals surface area contributed by atoms with Crippen LogP contribution >= 0.6 is 11.6 Å². The number of nitrogens with two attached hydrogens (primary N) is 1. The number of anilines is 1. The minimum atomic E-state index is -0.695. The second-order valence-electron chi connectivity index (χ2n) is 7.06.